The predicted octanol–water partition coefficient (Wildman–Crippen LogP) is 3.88. The van der Waals surface area contributed by atoms with Gasteiger partial charge in [-0.1, -0.05) is 46.8 Å². The predicted molar refractivity (Wildman–Crippen MR) is 112 cm³/mol. The molecular weight excluding hydrogens is 350 g/mol. The Bertz CT molecular complexity index is 816. The lowest BCUT2D eigenvalue weighted by Gasteiger charge is -2.26. The van der Waals surface area contributed by atoms with Crippen LogP contribution in [-0.2, 0) is 12.0 Å². The monoisotopic (exact) mass is 381 g/mol. The van der Waals surface area contributed by atoms with Gasteiger partial charge in [-0.3, -0.25) is 0 Å². The van der Waals surface area contributed by atoms with Crippen molar-refractivity contribution in [2.75, 3.05) is 25.5 Å². The standard InChI is InChI=1S/C22H31N5O/c1-21(2,3)14-26-20-16(13-25-19(11-23)27-20)12-24-15-22(4,5)17-7-9-18(28-6)10-8-17/h7-10,13,24H,12,14-15H2,1-6H3,(H,25,26,27). The summed E-state index contributed by atoms with van der Waals surface area (Å²) in [6.45, 7) is 13.0. The van der Waals surface area contributed by atoms with E-state index in [0.717, 1.165) is 30.2 Å². The molecule has 6 heteroatoms. The summed E-state index contributed by atoms with van der Waals surface area (Å²) in [5.41, 5.74) is 2.26. The summed E-state index contributed by atoms with van der Waals surface area (Å²) in [6, 6.07) is 10.2. The van der Waals surface area contributed by atoms with Crippen LogP contribution in [0.4, 0.5) is 5.82 Å². The first-order chi connectivity index (χ1) is 13.1. The van der Waals surface area contributed by atoms with Crippen LogP contribution >= 0.6 is 0 Å². The number of nitrogens with zero attached hydrogens (tertiary/aromatic N) is 3. The summed E-state index contributed by atoms with van der Waals surface area (Å²) in [6.07, 6.45) is 1.73. The van der Waals surface area contributed by atoms with E-state index < -0.39 is 0 Å². The molecule has 0 saturated heterocycles. The van der Waals surface area contributed by atoms with E-state index in [9.17, 15) is 0 Å². The molecule has 28 heavy (non-hydrogen) atoms. The minimum Gasteiger partial charge on any atom is -0.497 e. The molecule has 1 aromatic carbocycles. The number of nitriles is 1. The molecule has 2 N–H and O–H groups in total. The maximum Gasteiger partial charge on any atom is 0.234 e. The van der Waals surface area contributed by atoms with Gasteiger partial charge in [0.1, 0.15) is 17.6 Å². The zero-order chi connectivity index (χ0) is 20.8. The molecule has 6 nitrogen and oxygen atoms in total. The highest BCUT2D eigenvalue weighted by atomic mass is 16.5. The van der Waals surface area contributed by atoms with Crippen LogP contribution in [0.15, 0.2) is 30.5 Å². The zero-order valence-corrected chi connectivity index (χ0v) is 17.8. The van der Waals surface area contributed by atoms with Gasteiger partial charge in [-0.05, 0) is 23.1 Å². The van der Waals surface area contributed by atoms with Gasteiger partial charge in [0.25, 0.3) is 0 Å². The van der Waals surface area contributed by atoms with Crippen molar-refractivity contribution in [2.45, 2.75) is 46.6 Å². The number of benzene rings is 1. The van der Waals surface area contributed by atoms with Crippen molar-refractivity contribution in [1.29, 1.82) is 5.26 Å². The lowest BCUT2D eigenvalue weighted by atomic mass is 9.84. The average Bonchev–Trinajstić information content (AvgIpc) is 2.66. The molecule has 0 aliphatic heterocycles. The number of aromatic nitrogens is 2. The molecule has 1 aromatic heterocycles. The number of ether oxygens (including phenoxy) is 1. The SMILES string of the molecule is COc1ccc(C(C)(C)CNCc2cnc(C#N)nc2NCC(C)(C)C)cc1. The number of anilines is 1. The first-order valence-corrected chi connectivity index (χ1v) is 9.50. The molecule has 0 aliphatic rings. The van der Waals surface area contributed by atoms with Crippen LogP contribution in [0.25, 0.3) is 0 Å². The van der Waals surface area contributed by atoms with Crippen molar-refractivity contribution in [3.63, 3.8) is 0 Å². The largest absolute Gasteiger partial charge is 0.497 e. The van der Waals surface area contributed by atoms with Crippen molar-refractivity contribution in [2.24, 2.45) is 5.41 Å². The topological polar surface area (TPSA) is 82.9 Å². The molecule has 0 spiro atoms. The van der Waals surface area contributed by atoms with Gasteiger partial charge < -0.3 is 15.4 Å². The molecule has 0 amide bonds. The maximum atomic E-state index is 9.10. The Balaban J connectivity index is 2.05. The van der Waals surface area contributed by atoms with Gasteiger partial charge in [-0.25, -0.2) is 9.97 Å². The van der Waals surface area contributed by atoms with Crippen LogP contribution in [-0.4, -0.2) is 30.2 Å². The van der Waals surface area contributed by atoms with E-state index >= 15 is 0 Å². The van der Waals surface area contributed by atoms with Gasteiger partial charge in [-0.15, -0.1) is 0 Å². The van der Waals surface area contributed by atoms with Crippen LogP contribution in [0, 0.1) is 16.7 Å². The van der Waals surface area contributed by atoms with Crippen molar-refractivity contribution < 1.29 is 4.74 Å². The normalized spacial score (nSPS) is 11.8. The number of rotatable bonds is 8. The highest BCUT2D eigenvalue weighted by Gasteiger charge is 2.21. The summed E-state index contributed by atoms with van der Waals surface area (Å²) in [7, 11) is 1.67. The van der Waals surface area contributed by atoms with Gasteiger partial charge in [-0.2, -0.15) is 5.26 Å². The third kappa shape index (κ3) is 6.21. The Morgan fingerprint density at radius 1 is 1.07 bits per heavy atom. The Labute approximate surface area is 168 Å². The van der Waals surface area contributed by atoms with Crippen LogP contribution in [0.3, 0.4) is 0 Å². The van der Waals surface area contributed by atoms with Gasteiger partial charge in [0.05, 0.1) is 7.11 Å². The molecule has 150 valence electrons. The molecule has 0 bridgehead atoms. The summed E-state index contributed by atoms with van der Waals surface area (Å²) >= 11 is 0. The number of hydrogen-bond donors (Lipinski definition) is 2. The summed E-state index contributed by atoms with van der Waals surface area (Å²) in [4.78, 5) is 8.48. The lowest BCUT2D eigenvalue weighted by molar-refractivity contribution is 0.413. The molecule has 0 saturated carbocycles. The fourth-order valence-corrected chi connectivity index (χ4v) is 2.75. The lowest BCUT2D eigenvalue weighted by Crippen LogP contribution is -2.33. The molecule has 0 unspecified atom stereocenters. The van der Waals surface area contributed by atoms with Crippen LogP contribution in [0.1, 0.15) is 51.6 Å². The Kier molecular flexibility index (Phi) is 6.98. The molecule has 1 heterocycles. The van der Waals surface area contributed by atoms with Crippen LogP contribution in [0.2, 0.25) is 0 Å². The Morgan fingerprint density at radius 2 is 1.75 bits per heavy atom. The first kappa shape index (κ1) is 21.6. The van der Waals surface area contributed by atoms with E-state index in [1.807, 2.05) is 18.2 Å². The molecule has 0 aliphatic carbocycles. The fraction of sp³-hybridized carbons (Fsp3) is 0.500. The van der Waals surface area contributed by atoms with Gasteiger partial charge in [0.2, 0.25) is 5.82 Å². The van der Waals surface area contributed by atoms with E-state index in [-0.39, 0.29) is 16.7 Å². The molecule has 0 atom stereocenters. The Hall–Kier alpha value is -2.65. The van der Waals surface area contributed by atoms with Gasteiger partial charge in [0.15, 0.2) is 0 Å². The summed E-state index contributed by atoms with van der Waals surface area (Å²) in [5, 5.41) is 16.0. The van der Waals surface area contributed by atoms with Gasteiger partial charge >= 0.3 is 0 Å². The Morgan fingerprint density at radius 3 is 2.32 bits per heavy atom. The number of methoxy groups -OCH3 is 1. The molecule has 2 aromatic rings. The van der Waals surface area contributed by atoms with Crippen molar-refractivity contribution in [3.05, 3.63) is 47.4 Å². The van der Waals surface area contributed by atoms with Crippen molar-refractivity contribution in [1.82, 2.24) is 15.3 Å². The summed E-state index contributed by atoms with van der Waals surface area (Å²) < 4.78 is 5.24. The first-order valence-electron chi connectivity index (χ1n) is 9.50. The van der Waals surface area contributed by atoms with E-state index in [4.69, 9.17) is 10.00 Å². The van der Waals surface area contributed by atoms with Crippen molar-refractivity contribution >= 4 is 5.82 Å². The highest BCUT2D eigenvalue weighted by molar-refractivity contribution is 5.44. The minimum absolute atomic E-state index is 0.0429. The second-order valence-electron chi connectivity index (χ2n) is 8.81. The third-order valence-corrected chi connectivity index (χ3v) is 4.50. The number of hydrogen-bond acceptors (Lipinski definition) is 6. The smallest absolute Gasteiger partial charge is 0.234 e. The van der Waals surface area contributed by atoms with Gasteiger partial charge in [0, 0.05) is 36.8 Å². The molecule has 2 rings (SSSR count). The fourth-order valence-electron chi connectivity index (χ4n) is 2.75. The second kappa shape index (κ2) is 9.03. The van der Waals surface area contributed by atoms with Crippen LogP contribution < -0.4 is 15.4 Å². The maximum absolute atomic E-state index is 9.10. The third-order valence-electron chi connectivity index (χ3n) is 4.50. The molecule has 0 fully saturated rings. The van der Waals surface area contributed by atoms with E-state index in [1.54, 1.807) is 13.3 Å². The average molecular weight is 382 g/mol. The zero-order valence-electron chi connectivity index (χ0n) is 17.8. The second-order valence-corrected chi connectivity index (χ2v) is 8.81. The molecular formula is C22H31N5O. The van der Waals surface area contributed by atoms with Crippen LogP contribution in [0.5, 0.6) is 5.75 Å². The quantitative estimate of drug-likeness (QED) is 0.722. The van der Waals surface area contributed by atoms with E-state index in [1.165, 1.54) is 5.56 Å². The van der Waals surface area contributed by atoms with Crippen molar-refractivity contribution in [3.8, 4) is 11.8 Å². The van der Waals surface area contributed by atoms with E-state index in [0.29, 0.717) is 6.54 Å². The molecule has 0 radical (unpaired) electrons. The summed E-state index contributed by atoms with van der Waals surface area (Å²) in [5.74, 6) is 1.76. The highest BCUT2D eigenvalue weighted by Crippen LogP contribution is 2.25. The minimum atomic E-state index is -0.0429. The van der Waals surface area contributed by atoms with E-state index in [2.05, 4.69) is 67.4 Å². The number of nitrogens with one attached hydrogen (secondary N) is 2.